The van der Waals surface area contributed by atoms with Gasteiger partial charge in [0.05, 0.1) is 28.2 Å². The second-order valence-corrected chi connectivity index (χ2v) is 10.0. The largest absolute Gasteiger partial charge is 0.346 e. The van der Waals surface area contributed by atoms with Gasteiger partial charge in [0.25, 0.3) is 0 Å². The van der Waals surface area contributed by atoms with E-state index in [9.17, 15) is 13.2 Å². The molecule has 0 radical (unpaired) electrons. The topological polar surface area (TPSA) is 104 Å². The Balaban J connectivity index is 1.58. The van der Waals surface area contributed by atoms with E-state index in [2.05, 4.69) is 30.9 Å². The van der Waals surface area contributed by atoms with Crippen LogP contribution >= 0.6 is 15.9 Å². The Kier molecular flexibility index (Phi) is 4.37. The van der Waals surface area contributed by atoms with Gasteiger partial charge in [-0.1, -0.05) is 22.0 Å². The molecule has 29 heavy (non-hydrogen) atoms. The van der Waals surface area contributed by atoms with E-state index in [0.29, 0.717) is 28.6 Å². The van der Waals surface area contributed by atoms with Crippen LogP contribution in [-0.2, 0) is 10.0 Å². The minimum absolute atomic E-state index is 0.246. The molecule has 0 spiro atoms. The molecular weight excluding hydrogens is 458 g/mol. The van der Waals surface area contributed by atoms with Crippen molar-refractivity contribution in [1.29, 1.82) is 0 Å². The first-order valence-corrected chi connectivity index (χ1v) is 11.5. The number of nitrogens with zero attached hydrogens (tertiary/aromatic N) is 3. The van der Waals surface area contributed by atoms with Gasteiger partial charge in [0.2, 0.25) is 10.0 Å². The normalized spacial score (nSPS) is 18.6. The third kappa shape index (κ3) is 3.02. The number of fused-ring (bicyclic) bond motifs is 3. The lowest BCUT2D eigenvalue weighted by Crippen LogP contribution is -2.42. The highest BCUT2D eigenvalue weighted by molar-refractivity contribution is 9.10. The second-order valence-electron chi connectivity index (χ2n) is 7.18. The molecule has 2 N–H and O–H groups in total. The monoisotopic (exact) mass is 475 g/mol. The van der Waals surface area contributed by atoms with Gasteiger partial charge in [0, 0.05) is 29.1 Å². The van der Waals surface area contributed by atoms with E-state index >= 15 is 0 Å². The summed E-state index contributed by atoms with van der Waals surface area (Å²) < 4.78 is 30.2. The quantitative estimate of drug-likeness (QED) is 0.475. The van der Waals surface area contributed by atoms with Crippen molar-refractivity contribution in [2.45, 2.75) is 23.8 Å². The highest BCUT2D eigenvalue weighted by atomic mass is 79.9. The maximum absolute atomic E-state index is 13.2. The summed E-state index contributed by atoms with van der Waals surface area (Å²) in [6.07, 6.45) is 4.82. The van der Waals surface area contributed by atoms with Crippen molar-refractivity contribution in [3.63, 3.8) is 0 Å². The molecule has 1 atom stereocenters. The standard InChI is InChI=1S/C19H18BrN5O3S/c20-12-3-1-5-14(9-12)29(27,28)24-8-2-4-13(11-24)25-17-15-6-7-21-18(15)22-10-16(17)23-19(25)26/h1,3,5-7,9-10,13H,2,4,8,11H2,(H,21,22)(H,23,26)/t13-/m1/s1. The van der Waals surface area contributed by atoms with E-state index in [-0.39, 0.29) is 23.2 Å². The Hall–Kier alpha value is -2.43. The van der Waals surface area contributed by atoms with Crippen molar-refractivity contribution in [3.8, 4) is 0 Å². The predicted molar refractivity (Wildman–Crippen MR) is 113 cm³/mol. The van der Waals surface area contributed by atoms with Gasteiger partial charge in [-0.05, 0) is 37.1 Å². The summed E-state index contributed by atoms with van der Waals surface area (Å²) in [7, 11) is -3.65. The van der Waals surface area contributed by atoms with Crippen LogP contribution in [0.1, 0.15) is 18.9 Å². The van der Waals surface area contributed by atoms with Gasteiger partial charge in [-0.25, -0.2) is 18.2 Å². The Labute approximate surface area is 174 Å². The second kappa shape index (κ2) is 6.82. The molecule has 3 aromatic heterocycles. The van der Waals surface area contributed by atoms with Gasteiger partial charge in [-0.3, -0.25) is 4.57 Å². The number of aromatic nitrogens is 4. The van der Waals surface area contributed by atoms with Gasteiger partial charge < -0.3 is 9.97 Å². The van der Waals surface area contributed by atoms with E-state index < -0.39 is 10.0 Å². The Morgan fingerprint density at radius 1 is 1.24 bits per heavy atom. The summed E-state index contributed by atoms with van der Waals surface area (Å²) in [5, 5.41) is 0.841. The zero-order valence-corrected chi connectivity index (χ0v) is 17.7. The first-order valence-electron chi connectivity index (χ1n) is 9.27. The first kappa shape index (κ1) is 18.6. The molecule has 1 saturated heterocycles. The number of piperidine rings is 1. The van der Waals surface area contributed by atoms with Crippen LogP contribution in [0.5, 0.6) is 0 Å². The number of aromatic amines is 2. The SMILES string of the molecule is O=c1[nH]c2cnc3[nH]ccc3c2n1[C@@H]1CCCN(S(=O)(=O)c2cccc(Br)c2)C1. The molecule has 150 valence electrons. The molecule has 0 saturated carbocycles. The first-order chi connectivity index (χ1) is 13.9. The zero-order chi connectivity index (χ0) is 20.2. The number of pyridine rings is 1. The average molecular weight is 476 g/mol. The lowest BCUT2D eigenvalue weighted by atomic mass is 10.1. The van der Waals surface area contributed by atoms with E-state index in [1.807, 2.05) is 6.07 Å². The fraction of sp³-hybridized carbons (Fsp3) is 0.263. The third-order valence-electron chi connectivity index (χ3n) is 5.42. The van der Waals surface area contributed by atoms with Crippen LogP contribution in [0.15, 0.2) is 56.9 Å². The van der Waals surface area contributed by atoms with Crippen LogP contribution < -0.4 is 5.69 Å². The van der Waals surface area contributed by atoms with Crippen LogP contribution in [0.4, 0.5) is 0 Å². The number of halogens is 1. The van der Waals surface area contributed by atoms with Crippen LogP contribution in [0, 0.1) is 0 Å². The molecule has 4 aromatic rings. The number of sulfonamides is 1. The Morgan fingerprint density at radius 2 is 2.10 bits per heavy atom. The average Bonchev–Trinajstić information content (AvgIpc) is 3.31. The van der Waals surface area contributed by atoms with Gasteiger partial charge in [0.15, 0.2) is 0 Å². The van der Waals surface area contributed by atoms with Gasteiger partial charge >= 0.3 is 5.69 Å². The van der Waals surface area contributed by atoms with Crippen LogP contribution in [0.3, 0.4) is 0 Å². The molecule has 1 aliphatic rings. The third-order valence-corrected chi connectivity index (χ3v) is 7.77. The van der Waals surface area contributed by atoms with Crippen LogP contribution in [0.25, 0.3) is 22.1 Å². The minimum atomic E-state index is -3.65. The molecule has 4 heterocycles. The summed E-state index contributed by atoms with van der Waals surface area (Å²) in [5.41, 5.74) is 1.85. The fourth-order valence-electron chi connectivity index (χ4n) is 4.10. The number of hydrogen-bond donors (Lipinski definition) is 2. The number of rotatable bonds is 3. The van der Waals surface area contributed by atoms with Crippen molar-refractivity contribution in [3.05, 3.63) is 57.7 Å². The molecule has 1 aromatic carbocycles. The van der Waals surface area contributed by atoms with Gasteiger partial charge in [-0.2, -0.15) is 4.31 Å². The van der Waals surface area contributed by atoms with Gasteiger partial charge in [0.1, 0.15) is 5.65 Å². The Morgan fingerprint density at radius 3 is 2.93 bits per heavy atom. The smallest absolute Gasteiger partial charge is 0.326 e. The van der Waals surface area contributed by atoms with Crippen molar-refractivity contribution in [2.75, 3.05) is 13.1 Å². The van der Waals surface area contributed by atoms with E-state index in [1.165, 1.54) is 4.31 Å². The molecular formula is C19H18BrN5O3S. The number of hydrogen-bond acceptors (Lipinski definition) is 4. The van der Waals surface area contributed by atoms with Gasteiger partial charge in [-0.15, -0.1) is 0 Å². The summed E-state index contributed by atoms with van der Waals surface area (Å²) in [6.45, 7) is 0.680. The van der Waals surface area contributed by atoms with Crippen LogP contribution in [0.2, 0.25) is 0 Å². The molecule has 0 unspecified atom stereocenters. The number of benzene rings is 1. The number of imidazole rings is 1. The van der Waals surface area contributed by atoms with Crippen molar-refractivity contribution in [1.82, 2.24) is 23.8 Å². The van der Waals surface area contributed by atoms with E-state index in [1.54, 1.807) is 41.2 Å². The maximum Gasteiger partial charge on any atom is 0.326 e. The summed E-state index contributed by atoms with van der Waals surface area (Å²) in [6, 6.07) is 8.32. The van der Waals surface area contributed by atoms with E-state index in [4.69, 9.17) is 0 Å². The fourth-order valence-corrected chi connectivity index (χ4v) is 6.21. The zero-order valence-electron chi connectivity index (χ0n) is 15.3. The highest BCUT2D eigenvalue weighted by Gasteiger charge is 2.32. The molecule has 0 aliphatic carbocycles. The van der Waals surface area contributed by atoms with Crippen LogP contribution in [-0.4, -0.2) is 45.3 Å². The predicted octanol–water partition coefficient (Wildman–Crippen LogP) is 2.99. The molecule has 5 rings (SSSR count). The van der Waals surface area contributed by atoms with Crippen molar-refractivity contribution in [2.24, 2.45) is 0 Å². The lowest BCUT2D eigenvalue weighted by molar-refractivity contribution is 0.267. The molecule has 8 nitrogen and oxygen atoms in total. The lowest BCUT2D eigenvalue weighted by Gasteiger charge is -2.32. The van der Waals surface area contributed by atoms with Crippen molar-refractivity contribution >= 4 is 48.0 Å². The number of nitrogens with one attached hydrogen (secondary N) is 2. The summed E-state index contributed by atoms with van der Waals surface area (Å²) >= 11 is 3.34. The Bertz CT molecular complexity index is 1390. The van der Waals surface area contributed by atoms with Crippen molar-refractivity contribution < 1.29 is 8.42 Å². The molecule has 1 aliphatic heterocycles. The molecule has 10 heteroatoms. The molecule has 0 amide bonds. The minimum Gasteiger partial charge on any atom is -0.346 e. The molecule has 1 fully saturated rings. The number of H-pyrrole nitrogens is 2. The molecule has 0 bridgehead atoms. The maximum atomic E-state index is 13.2. The summed E-state index contributed by atoms with van der Waals surface area (Å²) in [4.78, 5) is 23.3. The summed E-state index contributed by atoms with van der Waals surface area (Å²) in [5.74, 6) is 0. The highest BCUT2D eigenvalue weighted by Crippen LogP contribution is 2.30. The van der Waals surface area contributed by atoms with E-state index in [0.717, 1.165) is 17.3 Å².